The molecule has 4 heteroatoms. The van der Waals surface area contributed by atoms with E-state index in [2.05, 4.69) is 102 Å². The van der Waals surface area contributed by atoms with Gasteiger partial charge in [-0.1, -0.05) is 121 Å². The van der Waals surface area contributed by atoms with Crippen molar-refractivity contribution in [2.45, 2.75) is 0 Å². The molecule has 8 aromatic rings. The Balaban J connectivity index is 1.34. The number of hydrogen-bond acceptors (Lipinski definition) is 2. The molecule has 2 heterocycles. The van der Waals surface area contributed by atoms with Crippen LogP contribution in [0.1, 0.15) is 20.7 Å². The predicted octanol–water partition coefficient (Wildman–Crippen LogP) is 10.6. The molecule has 48 heavy (non-hydrogen) atoms. The Kier molecular flexibility index (Phi) is 6.41. The van der Waals surface area contributed by atoms with Gasteiger partial charge in [-0.05, 0) is 76.3 Å². The summed E-state index contributed by atoms with van der Waals surface area (Å²) in [7, 11) is 0. The largest absolute Gasteiger partial charge is 0.308 e. The first-order chi connectivity index (χ1) is 23.7. The van der Waals surface area contributed by atoms with Crippen LogP contribution in [0.5, 0.6) is 0 Å². The lowest BCUT2D eigenvalue weighted by atomic mass is 9.92. The smallest absolute Gasteiger partial charge is 0.268 e. The zero-order valence-corrected chi connectivity index (χ0v) is 25.9. The molecule has 2 amide bonds. The Morgan fingerprint density at radius 1 is 0.396 bits per heavy atom. The lowest BCUT2D eigenvalue weighted by Crippen LogP contribution is -2.29. The van der Waals surface area contributed by atoms with Gasteiger partial charge in [0.15, 0.2) is 0 Å². The zero-order valence-electron chi connectivity index (χ0n) is 25.9. The average Bonchev–Trinajstić information content (AvgIpc) is 3.63. The van der Waals surface area contributed by atoms with E-state index in [0.717, 1.165) is 55.2 Å². The summed E-state index contributed by atoms with van der Waals surface area (Å²) in [6, 6.07) is 57.0. The molecule has 0 fully saturated rings. The maximum Gasteiger partial charge on any atom is 0.268 e. The van der Waals surface area contributed by atoms with Crippen LogP contribution in [0.15, 0.2) is 170 Å². The molecule has 9 rings (SSSR count). The number of nitrogens with zero attached hydrogens (tertiary/aromatic N) is 2. The standard InChI is InChI=1S/C44H28N2O2/c47-43-38-23-13-25-40(41(38)44(48)45(43)34-18-8-3-9-19-34)46-39-24-11-10-20-36(39)37-22-12-21-35(42(37)46)33-27-31(29-14-4-1-5-15-29)26-32(28-33)30-16-6-2-7-17-30/h1-28H. The lowest BCUT2D eigenvalue weighted by molar-refractivity contribution is 0.0926. The highest BCUT2D eigenvalue weighted by molar-refractivity contribution is 6.35. The third-order valence-electron chi connectivity index (χ3n) is 9.30. The van der Waals surface area contributed by atoms with Crippen molar-refractivity contribution in [1.82, 2.24) is 4.57 Å². The second kappa shape index (κ2) is 11.1. The van der Waals surface area contributed by atoms with E-state index in [9.17, 15) is 9.59 Å². The molecule has 0 unspecified atom stereocenters. The molecular formula is C44H28N2O2. The predicted molar refractivity (Wildman–Crippen MR) is 195 cm³/mol. The molecule has 1 aliphatic heterocycles. The van der Waals surface area contributed by atoms with Gasteiger partial charge in [-0.2, -0.15) is 0 Å². The molecule has 226 valence electrons. The quantitative estimate of drug-likeness (QED) is 0.181. The molecule has 1 aliphatic rings. The summed E-state index contributed by atoms with van der Waals surface area (Å²) in [5.41, 5.74) is 10.6. The van der Waals surface area contributed by atoms with Gasteiger partial charge in [0, 0.05) is 16.3 Å². The Morgan fingerprint density at radius 2 is 0.938 bits per heavy atom. The fourth-order valence-electron chi connectivity index (χ4n) is 7.14. The van der Waals surface area contributed by atoms with Crippen LogP contribution in [0, 0.1) is 0 Å². The van der Waals surface area contributed by atoms with Gasteiger partial charge < -0.3 is 4.57 Å². The monoisotopic (exact) mass is 616 g/mol. The number of amides is 2. The molecule has 1 aromatic heterocycles. The molecule has 0 aliphatic carbocycles. The molecule has 4 nitrogen and oxygen atoms in total. The zero-order chi connectivity index (χ0) is 32.2. The first kappa shape index (κ1) is 27.8. The molecule has 0 saturated carbocycles. The Labute approximate surface area is 277 Å². The van der Waals surface area contributed by atoms with Crippen molar-refractivity contribution in [2.24, 2.45) is 0 Å². The summed E-state index contributed by atoms with van der Waals surface area (Å²) in [5.74, 6) is -0.634. The maximum atomic E-state index is 14.2. The number of carbonyl (C=O) groups excluding carboxylic acids is 2. The normalized spacial score (nSPS) is 12.6. The van der Waals surface area contributed by atoms with E-state index < -0.39 is 0 Å². The van der Waals surface area contributed by atoms with Crippen LogP contribution in [0.4, 0.5) is 5.69 Å². The van der Waals surface area contributed by atoms with Crippen molar-refractivity contribution in [3.05, 3.63) is 181 Å². The Morgan fingerprint density at radius 3 is 1.62 bits per heavy atom. The Bertz CT molecular complexity index is 2480. The van der Waals surface area contributed by atoms with Gasteiger partial charge in [-0.25, -0.2) is 4.90 Å². The van der Waals surface area contributed by atoms with Crippen molar-refractivity contribution in [3.63, 3.8) is 0 Å². The van der Waals surface area contributed by atoms with E-state index in [-0.39, 0.29) is 11.8 Å². The minimum absolute atomic E-state index is 0.313. The van der Waals surface area contributed by atoms with Gasteiger partial charge in [-0.3, -0.25) is 9.59 Å². The molecule has 0 bridgehead atoms. The van der Waals surface area contributed by atoms with Gasteiger partial charge >= 0.3 is 0 Å². The number of benzene rings is 7. The molecule has 0 radical (unpaired) electrons. The highest BCUT2D eigenvalue weighted by atomic mass is 16.2. The maximum absolute atomic E-state index is 14.2. The first-order valence-corrected chi connectivity index (χ1v) is 16.0. The van der Waals surface area contributed by atoms with Crippen molar-refractivity contribution >= 4 is 39.3 Å². The van der Waals surface area contributed by atoms with Gasteiger partial charge in [0.1, 0.15) is 0 Å². The fraction of sp³-hybridized carbons (Fsp3) is 0. The number of fused-ring (bicyclic) bond motifs is 4. The molecule has 7 aromatic carbocycles. The van der Waals surface area contributed by atoms with Crippen LogP contribution < -0.4 is 4.90 Å². The summed E-state index contributed by atoms with van der Waals surface area (Å²) in [4.78, 5) is 29.3. The van der Waals surface area contributed by atoms with Gasteiger partial charge in [-0.15, -0.1) is 0 Å². The van der Waals surface area contributed by atoms with Gasteiger partial charge in [0.2, 0.25) is 0 Å². The number of aromatic nitrogens is 1. The molecule has 0 saturated heterocycles. The Hall–Kier alpha value is -6.52. The lowest BCUT2D eigenvalue weighted by Gasteiger charge is -2.16. The minimum atomic E-state index is -0.322. The van der Waals surface area contributed by atoms with Crippen LogP contribution in [-0.4, -0.2) is 16.4 Å². The van der Waals surface area contributed by atoms with Gasteiger partial charge in [0.05, 0.1) is 33.5 Å². The van der Waals surface area contributed by atoms with E-state index in [1.807, 2.05) is 54.6 Å². The number of carbonyl (C=O) groups is 2. The number of anilines is 1. The highest BCUT2D eigenvalue weighted by Gasteiger charge is 2.39. The van der Waals surface area contributed by atoms with Crippen molar-refractivity contribution in [3.8, 4) is 39.1 Å². The summed E-state index contributed by atoms with van der Waals surface area (Å²) >= 11 is 0. The van der Waals surface area contributed by atoms with E-state index in [1.54, 1.807) is 18.2 Å². The molecule has 0 spiro atoms. The number of hydrogen-bond donors (Lipinski definition) is 0. The highest BCUT2D eigenvalue weighted by Crippen LogP contribution is 2.42. The SMILES string of the molecule is O=C1c2cccc(-n3c4ccccc4c4cccc(-c5cc(-c6ccccc6)cc(-c6ccccc6)c5)c43)c2C(=O)N1c1ccccc1. The molecule has 0 atom stereocenters. The van der Waals surface area contributed by atoms with E-state index >= 15 is 0 Å². The van der Waals surface area contributed by atoms with E-state index in [4.69, 9.17) is 0 Å². The first-order valence-electron chi connectivity index (χ1n) is 16.0. The summed E-state index contributed by atoms with van der Waals surface area (Å²) in [6.07, 6.45) is 0. The van der Waals surface area contributed by atoms with Crippen LogP contribution in [-0.2, 0) is 0 Å². The summed E-state index contributed by atoms with van der Waals surface area (Å²) in [5, 5.41) is 2.15. The van der Waals surface area contributed by atoms with Crippen LogP contribution in [0.3, 0.4) is 0 Å². The third-order valence-corrected chi connectivity index (χ3v) is 9.30. The number of rotatable bonds is 5. The topological polar surface area (TPSA) is 42.3 Å². The van der Waals surface area contributed by atoms with Gasteiger partial charge in [0.25, 0.3) is 11.8 Å². The van der Waals surface area contributed by atoms with E-state index in [1.165, 1.54) is 4.90 Å². The van der Waals surface area contributed by atoms with Crippen molar-refractivity contribution in [1.29, 1.82) is 0 Å². The molecular weight excluding hydrogens is 588 g/mol. The fourth-order valence-corrected chi connectivity index (χ4v) is 7.14. The van der Waals surface area contributed by atoms with E-state index in [0.29, 0.717) is 22.5 Å². The second-order valence-corrected chi connectivity index (χ2v) is 12.1. The van der Waals surface area contributed by atoms with Crippen LogP contribution in [0.25, 0.3) is 60.9 Å². The number of imide groups is 1. The number of para-hydroxylation sites is 3. The second-order valence-electron chi connectivity index (χ2n) is 12.1. The summed E-state index contributed by atoms with van der Waals surface area (Å²) in [6.45, 7) is 0. The molecule has 0 N–H and O–H groups in total. The van der Waals surface area contributed by atoms with Crippen LogP contribution >= 0.6 is 0 Å². The average molecular weight is 617 g/mol. The summed E-state index contributed by atoms with van der Waals surface area (Å²) < 4.78 is 2.18. The minimum Gasteiger partial charge on any atom is -0.308 e. The third kappa shape index (κ3) is 4.31. The van der Waals surface area contributed by atoms with Crippen molar-refractivity contribution < 1.29 is 9.59 Å². The van der Waals surface area contributed by atoms with Crippen molar-refractivity contribution in [2.75, 3.05) is 4.90 Å². The van der Waals surface area contributed by atoms with Crippen LogP contribution in [0.2, 0.25) is 0 Å².